The quantitative estimate of drug-likeness (QED) is 0.381. The lowest BCUT2D eigenvalue weighted by molar-refractivity contribution is -0.140. The lowest BCUT2D eigenvalue weighted by Gasteiger charge is -2.32. The highest BCUT2D eigenvalue weighted by atomic mass is 16.3. The van der Waals surface area contributed by atoms with Gasteiger partial charge in [0, 0.05) is 32.7 Å². The Balaban J connectivity index is 1.80. The van der Waals surface area contributed by atoms with Crippen molar-refractivity contribution in [2.75, 3.05) is 20.2 Å². The van der Waals surface area contributed by atoms with Crippen LogP contribution in [0.4, 0.5) is 0 Å². The van der Waals surface area contributed by atoms with Gasteiger partial charge in [-0.25, -0.2) is 0 Å². The summed E-state index contributed by atoms with van der Waals surface area (Å²) in [5, 5.41) is 14.7. The number of aliphatic hydroxyl groups is 1. The fourth-order valence-electron chi connectivity index (χ4n) is 5.04. The first-order valence-corrected chi connectivity index (χ1v) is 11.6. The molecular weight excluding hydrogens is 406 g/mol. The standard InChI is InChI=1S/C25H35N3O4/c1-17-12-13-19-21(20(17)23(30)26-2)25(32)28(14-8-3-4-9-15-29)22(19)24(31)27-16-18-10-6-5-7-11-18/h5-7,10-13,17,19-22,29H,3-4,8-9,14-16H2,1-2H3,(H,26,30)(H,27,31)/t17-,19+,20-,21-,22+/m1/s1. The summed E-state index contributed by atoms with van der Waals surface area (Å²) in [6.07, 6.45) is 7.19. The minimum Gasteiger partial charge on any atom is -0.396 e. The van der Waals surface area contributed by atoms with Crippen LogP contribution in [0.1, 0.15) is 38.2 Å². The molecule has 174 valence electrons. The summed E-state index contributed by atoms with van der Waals surface area (Å²) >= 11 is 0. The van der Waals surface area contributed by atoms with Gasteiger partial charge in [0.05, 0.1) is 11.8 Å². The number of amides is 3. The Bertz CT molecular complexity index is 826. The molecule has 3 rings (SSSR count). The third kappa shape index (κ3) is 5.21. The molecule has 7 nitrogen and oxygen atoms in total. The summed E-state index contributed by atoms with van der Waals surface area (Å²) in [6, 6.07) is 9.06. The number of hydrogen-bond acceptors (Lipinski definition) is 4. The maximum absolute atomic E-state index is 13.5. The second-order valence-corrected chi connectivity index (χ2v) is 8.80. The van der Waals surface area contributed by atoms with Gasteiger partial charge in [-0.1, -0.05) is 62.2 Å². The van der Waals surface area contributed by atoms with Crippen molar-refractivity contribution in [1.82, 2.24) is 15.5 Å². The van der Waals surface area contributed by atoms with E-state index in [9.17, 15) is 14.4 Å². The molecule has 1 saturated heterocycles. The Morgan fingerprint density at radius 2 is 1.75 bits per heavy atom. The molecule has 1 aromatic rings. The van der Waals surface area contributed by atoms with Gasteiger partial charge in [0.15, 0.2) is 0 Å². The van der Waals surface area contributed by atoms with Gasteiger partial charge < -0.3 is 20.6 Å². The molecule has 0 bridgehead atoms. The number of unbranched alkanes of at least 4 members (excludes halogenated alkanes) is 3. The highest BCUT2D eigenvalue weighted by Crippen LogP contribution is 2.44. The highest BCUT2D eigenvalue weighted by Gasteiger charge is 2.56. The number of likely N-dealkylation sites (tertiary alicyclic amines) is 1. The van der Waals surface area contributed by atoms with Gasteiger partial charge in [-0.15, -0.1) is 0 Å². The van der Waals surface area contributed by atoms with Gasteiger partial charge in [-0.2, -0.15) is 0 Å². The van der Waals surface area contributed by atoms with Crippen LogP contribution in [0.5, 0.6) is 0 Å². The van der Waals surface area contributed by atoms with Crippen LogP contribution >= 0.6 is 0 Å². The molecule has 1 heterocycles. The lowest BCUT2D eigenvalue weighted by atomic mass is 9.70. The summed E-state index contributed by atoms with van der Waals surface area (Å²) in [5.74, 6) is -1.85. The summed E-state index contributed by atoms with van der Waals surface area (Å²) in [7, 11) is 1.59. The molecule has 1 fully saturated rings. The lowest BCUT2D eigenvalue weighted by Crippen LogP contribution is -2.47. The molecule has 0 aromatic heterocycles. The van der Waals surface area contributed by atoms with E-state index in [0.29, 0.717) is 13.1 Å². The van der Waals surface area contributed by atoms with E-state index in [1.54, 1.807) is 11.9 Å². The molecular formula is C25H35N3O4. The van der Waals surface area contributed by atoms with Crippen molar-refractivity contribution in [1.29, 1.82) is 0 Å². The number of allylic oxidation sites excluding steroid dienone is 1. The van der Waals surface area contributed by atoms with Crippen LogP contribution in [0.2, 0.25) is 0 Å². The Morgan fingerprint density at radius 1 is 1.03 bits per heavy atom. The van der Waals surface area contributed by atoms with Crippen molar-refractivity contribution >= 4 is 17.7 Å². The van der Waals surface area contributed by atoms with Crippen molar-refractivity contribution < 1.29 is 19.5 Å². The number of nitrogens with zero attached hydrogens (tertiary/aromatic N) is 1. The fraction of sp³-hybridized carbons (Fsp3) is 0.560. The predicted molar refractivity (Wildman–Crippen MR) is 122 cm³/mol. The Morgan fingerprint density at radius 3 is 2.44 bits per heavy atom. The Labute approximate surface area is 190 Å². The normalized spacial score (nSPS) is 26.7. The SMILES string of the molecule is CNC(=O)[C@H]1[C@@H]2C(=O)N(CCCCCCO)[C@H](C(=O)NCc3ccccc3)[C@H]2C=C[C@H]1C. The number of nitrogens with one attached hydrogen (secondary N) is 2. The van der Waals surface area contributed by atoms with Crippen molar-refractivity contribution in [3.05, 3.63) is 48.0 Å². The molecule has 1 aromatic carbocycles. The van der Waals surface area contributed by atoms with Crippen molar-refractivity contribution in [3.8, 4) is 0 Å². The van der Waals surface area contributed by atoms with E-state index in [0.717, 1.165) is 31.2 Å². The van der Waals surface area contributed by atoms with Crippen molar-refractivity contribution in [2.24, 2.45) is 23.7 Å². The summed E-state index contributed by atoms with van der Waals surface area (Å²) in [5.41, 5.74) is 0.994. The van der Waals surface area contributed by atoms with Gasteiger partial charge >= 0.3 is 0 Å². The number of rotatable bonds is 10. The topological polar surface area (TPSA) is 98.7 Å². The van der Waals surface area contributed by atoms with Crippen LogP contribution in [0.3, 0.4) is 0 Å². The van der Waals surface area contributed by atoms with Gasteiger partial charge in [0.2, 0.25) is 17.7 Å². The van der Waals surface area contributed by atoms with Crippen molar-refractivity contribution in [3.63, 3.8) is 0 Å². The van der Waals surface area contributed by atoms with E-state index >= 15 is 0 Å². The van der Waals surface area contributed by atoms with Gasteiger partial charge in [-0.3, -0.25) is 14.4 Å². The zero-order valence-corrected chi connectivity index (χ0v) is 19.0. The molecule has 0 unspecified atom stereocenters. The predicted octanol–water partition coefficient (Wildman–Crippen LogP) is 1.87. The minimum absolute atomic E-state index is 0.0716. The van der Waals surface area contributed by atoms with E-state index < -0.39 is 17.9 Å². The number of hydrogen-bond donors (Lipinski definition) is 3. The first kappa shape index (κ1) is 24.0. The zero-order chi connectivity index (χ0) is 23.1. The molecule has 32 heavy (non-hydrogen) atoms. The van der Waals surface area contributed by atoms with E-state index in [-0.39, 0.29) is 36.2 Å². The highest BCUT2D eigenvalue weighted by molar-refractivity contribution is 5.96. The van der Waals surface area contributed by atoms with Crippen LogP contribution in [0.15, 0.2) is 42.5 Å². The van der Waals surface area contributed by atoms with E-state index in [4.69, 9.17) is 5.11 Å². The largest absolute Gasteiger partial charge is 0.396 e. The molecule has 0 saturated carbocycles. The number of aliphatic hydroxyl groups excluding tert-OH is 1. The van der Waals surface area contributed by atoms with Gasteiger partial charge in [0.1, 0.15) is 6.04 Å². The number of benzene rings is 1. The van der Waals surface area contributed by atoms with Gasteiger partial charge in [-0.05, 0) is 24.3 Å². The Kier molecular flexibility index (Phi) is 8.45. The summed E-state index contributed by atoms with van der Waals surface area (Å²) in [6.45, 7) is 2.98. The zero-order valence-electron chi connectivity index (χ0n) is 19.0. The van der Waals surface area contributed by atoms with Crippen LogP contribution in [-0.4, -0.2) is 54.0 Å². The number of carbonyl (C=O) groups is 3. The van der Waals surface area contributed by atoms with E-state index in [1.165, 1.54) is 0 Å². The summed E-state index contributed by atoms with van der Waals surface area (Å²) < 4.78 is 0. The second kappa shape index (κ2) is 11.3. The first-order chi connectivity index (χ1) is 15.5. The monoisotopic (exact) mass is 441 g/mol. The summed E-state index contributed by atoms with van der Waals surface area (Å²) in [4.78, 5) is 41.2. The first-order valence-electron chi connectivity index (χ1n) is 11.6. The smallest absolute Gasteiger partial charge is 0.243 e. The average Bonchev–Trinajstić information content (AvgIpc) is 3.09. The minimum atomic E-state index is -0.620. The average molecular weight is 442 g/mol. The maximum atomic E-state index is 13.5. The van der Waals surface area contributed by atoms with Gasteiger partial charge in [0.25, 0.3) is 0 Å². The number of carbonyl (C=O) groups excluding carboxylic acids is 3. The molecule has 3 amide bonds. The Hall–Kier alpha value is -2.67. The van der Waals surface area contributed by atoms with Crippen LogP contribution < -0.4 is 10.6 Å². The second-order valence-electron chi connectivity index (χ2n) is 8.80. The number of fused-ring (bicyclic) bond motifs is 1. The molecule has 3 N–H and O–H groups in total. The molecule has 1 aliphatic heterocycles. The molecule has 2 aliphatic rings. The third-order valence-corrected chi connectivity index (χ3v) is 6.71. The maximum Gasteiger partial charge on any atom is 0.243 e. The molecule has 1 aliphatic carbocycles. The molecule has 7 heteroatoms. The fourth-order valence-corrected chi connectivity index (χ4v) is 5.04. The third-order valence-electron chi connectivity index (χ3n) is 6.71. The van der Waals surface area contributed by atoms with Crippen LogP contribution in [0, 0.1) is 23.7 Å². The molecule has 5 atom stereocenters. The molecule has 0 radical (unpaired) electrons. The van der Waals surface area contributed by atoms with Crippen LogP contribution in [0.25, 0.3) is 0 Å². The van der Waals surface area contributed by atoms with E-state index in [2.05, 4.69) is 10.6 Å². The van der Waals surface area contributed by atoms with E-state index in [1.807, 2.05) is 49.4 Å². The van der Waals surface area contributed by atoms with Crippen molar-refractivity contribution in [2.45, 2.75) is 45.2 Å². The van der Waals surface area contributed by atoms with Crippen LogP contribution in [-0.2, 0) is 20.9 Å². The molecule has 0 spiro atoms.